The van der Waals surface area contributed by atoms with Gasteiger partial charge < -0.3 is 10.2 Å². The molecule has 0 bridgehead atoms. The molecule has 1 aliphatic heterocycles. The van der Waals surface area contributed by atoms with E-state index in [2.05, 4.69) is 5.32 Å². The maximum atomic E-state index is 12.2. The van der Waals surface area contributed by atoms with Crippen molar-refractivity contribution >= 4 is 11.8 Å². The zero-order valence-corrected chi connectivity index (χ0v) is 12.3. The van der Waals surface area contributed by atoms with Crippen LogP contribution in [-0.2, 0) is 9.59 Å². The lowest BCUT2D eigenvalue weighted by Gasteiger charge is -2.29. The number of nitrogens with one attached hydrogen (secondary N) is 1. The molecule has 0 aromatic heterocycles. The zero-order chi connectivity index (χ0) is 13.9. The molecule has 2 aliphatic carbocycles. The topological polar surface area (TPSA) is 49.4 Å². The minimum atomic E-state index is -0.103. The average Bonchev–Trinajstić information content (AvgIpc) is 3.11. The van der Waals surface area contributed by atoms with Gasteiger partial charge >= 0.3 is 0 Å². The second-order valence-corrected chi connectivity index (χ2v) is 6.73. The molecule has 1 atom stereocenters. The summed E-state index contributed by atoms with van der Waals surface area (Å²) in [6.45, 7) is 0.655. The predicted octanol–water partition coefficient (Wildman–Crippen LogP) is 2.23. The van der Waals surface area contributed by atoms with Crippen LogP contribution < -0.4 is 5.32 Å². The Balaban J connectivity index is 1.55. The molecule has 3 rings (SSSR count). The summed E-state index contributed by atoms with van der Waals surface area (Å²) in [7, 11) is 0. The highest BCUT2D eigenvalue weighted by Gasteiger charge is 2.39. The van der Waals surface area contributed by atoms with Gasteiger partial charge in [-0.25, -0.2) is 0 Å². The number of rotatable bonds is 3. The molecule has 4 nitrogen and oxygen atoms in total. The molecule has 112 valence electrons. The predicted molar refractivity (Wildman–Crippen MR) is 77.1 cm³/mol. The largest absolute Gasteiger partial charge is 0.353 e. The zero-order valence-electron chi connectivity index (χ0n) is 12.3. The van der Waals surface area contributed by atoms with Gasteiger partial charge in [-0.3, -0.25) is 9.59 Å². The van der Waals surface area contributed by atoms with Crippen molar-refractivity contribution in [3.63, 3.8) is 0 Å². The second-order valence-electron chi connectivity index (χ2n) is 6.73. The summed E-state index contributed by atoms with van der Waals surface area (Å²) < 4.78 is 0. The van der Waals surface area contributed by atoms with E-state index in [0.717, 1.165) is 25.7 Å². The Morgan fingerprint density at radius 2 is 1.65 bits per heavy atom. The Hall–Kier alpha value is -1.06. The summed E-state index contributed by atoms with van der Waals surface area (Å²) in [5.74, 6) is 0.203. The molecular formula is C16H26N2O2. The highest BCUT2D eigenvalue weighted by molar-refractivity contribution is 5.89. The molecule has 1 unspecified atom stereocenters. The molecule has 3 aliphatic rings. The first-order valence-electron chi connectivity index (χ1n) is 8.34. The smallest absolute Gasteiger partial charge is 0.225 e. The van der Waals surface area contributed by atoms with Crippen LogP contribution in [0.4, 0.5) is 0 Å². The summed E-state index contributed by atoms with van der Waals surface area (Å²) in [6.07, 6.45) is 11.3. The lowest BCUT2D eigenvalue weighted by Crippen LogP contribution is -2.39. The summed E-state index contributed by atoms with van der Waals surface area (Å²) in [5, 5.41) is 3.04. The summed E-state index contributed by atoms with van der Waals surface area (Å²) in [4.78, 5) is 26.4. The second kappa shape index (κ2) is 6.15. The van der Waals surface area contributed by atoms with Gasteiger partial charge in [0, 0.05) is 25.0 Å². The Bertz CT molecular complexity index is 371. The highest BCUT2D eigenvalue weighted by atomic mass is 16.2. The van der Waals surface area contributed by atoms with Crippen molar-refractivity contribution in [1.82, 2.24) is 10.2 Å². The van der Waals surface area contributed by atoms with Crippen LogP contribution in [-0.4, -0.2) is 35.3 Å². The first-order chi connectivity index (χ1) is 9.74. The molecule has 4 heteroatoms. The standard InChI is InChI=1S/C16H26N2O2/c19-15-10-12(16(20)17-13-8-9-13)11-18(15)14-6-4-2-1-3-5-7-14/h12-14H,1-11H2,(H,17,20). The maximum absolute atomic E-state index is 12.2. The monoisotopic (exact) mass is 278 g/mol. The molecule has 1 saturated heterocycles. The fraction of sp³-hybridized carbons (Fsp3) is 0.875. The maximum Gasteiger partial charge on any atom is 0.225 e. The SMILES string of the molecule is O=C(NC1CC1)C1CC(=O)N(C2CCCCCCC2)C1. The molecule has 2 amide bonds. The van der Waals surface area contributed by atoms with Crippen LogP contribution >= 0.6 is 0 Å². The molecule has 2 saturated carbocycles. The third-order valence-electron chi connectivity index (χ3n) is 4.97. The van der Waals surface area contributed by atoms with E-state index in [0.29, 0.717) is 25.0 Å². The number of carbonyl (C=O) groups excluding carboxylic acids is 2. The molecule has 3 fully saturated rings. The van der Waals surface area contributed by atoms with Crippen molar-refractivity contribution in [2.45, 2.75) is 76.3 Å². The van der Waals surface area contributed by atoms with Gasteiger partial charge in [-0.15, -0.1) is 0 Å². The molecule has 1 heterocycles. The number of nitrogens with zero attached hydrogens (tertiary/aromatic N) is 1. The van der Waals surface area contributed by atoms with E-state index in [4.69, 9.17) is 0 Å². The Morgan fingerprint density at radius 1 is 1.00 bits per heavy atom. The number of hydrogen-bond acceptors (Lipinski definition) is 2. The summed E-state index contributed by atoms with van der Waals surface area (Å²) >= 11 is 0. The van der Waals surface area contributed by atoms with Gasteiger partial charge in [0.2, 0.25) is 11.8 Å². The third kappa shape index (κ3) is 3.33. The molecule has 0 radical (unpaired) electrons. The van der Waals surface area contributed by atoms with E-state index in [-0.39, 0.29) is 17.7 Å². The Kier molecular flexibility index (Phi) is 4.27. The van der Waals surface area contributed by atoms with Crippen LogP contribution in [0.15, 0.2) is 0 Å². The fourth-order valence-electron chi connectivity index (χ4n) is 3.55. The third-order valence-corrected chi connectivity index (χ3v) is 4.97. The van der Waals surface area contributed by atoms with Crippen molar-refractivity contribution < 1.29 is 9.59 Å². The van der Waals surface area contributed by atoms with Gasteiger partial charge in [0.1, 0.15) is 0 Å². The van der Waals surface area contributed by atoms with Gasteiger partial charge in [-0.05, 0) is 25.7 Å². The van der Waals surface area contributed by atoms with E-state index < -0.39 is 0 Å². The van der Waals surface area contributed by atoms with Gasteiger partial charge in [0.05, 0.1) is 5.92 Å². The van der Waals surface area contributed by atoms with Gasteiger partial charge in [0.15, 0.2) is 0 Å². The number of likely N-dealkylation sites (tertiary alicyclic amines) is 1. The van der Waals surface area contributed by atoms with E-state index in [1.165, 1.54) is 32.1 Å². The van der Waals surface area contributed by atoms with E-state index in [9.17, 15) is 9.59 Å². The number of amides is 2. The van der Waals surface area contributed by atoms with Crippen LogP contribution in [0.2, 0.25) is 0 Å². The molecule has 20 heavy (non-hydrogen) atoms. The van der Waals surface area contributed by atoms with Crippen molar-refractivity contribution in [2.24, 2.45) is 5.92 Å². The van der Waals surface area contributed by atoms with Crippen molar-refractivity contribution in [2.75, 3.05) is 6.54 Å². The van der Waals surface area contributed by atoms with Crippen LogP contribution in [0.25, 0.3) is 0 Å². The molecule has 1 N–H and O–H groups in total. The first-order valence-corrected chi connectivity index (χ1v) is 8.34. The highest BCUT2D eigenvalue weighted by Crippen LogP contribution is 2.28. The van der Waals surface area contributed by atoms with Crippen molar-refractivity contribution in [3.05, 3.63) is 0 Å². The van der Waals surface area contributed by atoms with Gasteiger partial charge in [-0.1, -0.05) is 32.1 Å². The lowest BCUT2D eigenvalue weighted by atomic mass is 9.96. The normalized spacial score (nSPS) is 29.1. The molecular weight excluding hydrogens is 252 g/mol. The van der Waals surface area contributed by atoms with Gasteiger partial charge in [-0.2, -0.15) is 0 Å². The van der Waals surface area contributed by atoms with E-state index in [1.807, 2.05) is 4.90 Å². The summed E-state index contributed by atoms with van der Waals surface area (Å²) in [6, 6.07) is 0.787. The van der Waals surface area contributed by atoms with Crippen LogP contribution in [0, 0.1) is 5.92 Å². The number of hydrogen-bond donors (Lipinski definition) is 1. The van der Waals surface area contributed by atoms with Crippen LogP contribution in [0.5, 0.6) is 0 Å². The lowest BCUT2D eigenvalue weighted by molar-refractivity contribution is -0.130. The summed E-state index contributed by atoms with van der Waals surface area (Å²) in [5.41, 5.74) is 0. The van der Waals surface area contributed by atoms with Crippen molar-refractivity contribution in [1.29, 1.82) is 0 Å². The van der Waals surface area contributed by atoms with Gasteiger partial charge in [0.25, 0.3) is 0 Å². The molecule has 0 spiro atoms. The Labute approximate surface area is 121 Å². The minimum Gasteiger partial charge on any atom is -0.353 e. The van der Waals surface area contributed by atoms with Crippen LogP contribution in [0.1, 0.15) is 64.2 Å². The van der Waals surface area contributed by atoms with Crippen molar-refractivity contribution in [3.8, 4) is 0 Å². The average molecular weight is 278 g/mol. The fourth-order valence-corrected chi connectivity index (χ4v) is 3.55. The minimum absolute atomic E-state index is 0.103. The molecule has 0 aromatic carbocycles. The van der Waals surface area contributed by atoms with Crippen LogP contribution in [0.3, 0.4) is 0 Å². The quantitative estimate of drug-likeness (QED) is 0.860. The number of carbonyl (C=O) groups is 2. The van der Waals surface area contributed by atoms with E-state index in [1.54, 1.807) is 0 Å². The molecule has 0 aromatic rings. The Morgan fingerprint density at radius 3 is 2.30 bits per heavy atom. The first kappa shape index (κ1) is 13.9. The van der Waals surface area contributed by atoms with E-state index >= 15 is 0 Å².